The van der Waals surface area contributed by atoms with Gasteiger partial charge in [-0.1, -0.05) is 116 Å². The van der Waals surface area contributed by atoms with Crippen LogP contribution in [0.5, 0.6) is 5.88 Å². The molecule has 17 heteroatoms. The van der Waals surface area contributed by atoms with E-state index in [0.717, 1.165) is 40.0 Å². The number of imidazole rings is 2. The van der Waals surface area contributed by atoms with E-state index in [0.29, 0.717) is 59.3 Å². The molecule has 0 aliphatic heterocycles. The van der Waals surface area contributed by atoms with Gasteiger partial charge in [0, 0.05) is 86.5 Å². The second-order valence-corrected chi connectivity index (χ2v) is 25.4. The van der Waals surface area contributed by atoms with Gasteiger partial charge in [0.25, 0.3) is 0 Å². The lowest BCUT2D eigenvalue weighted by Gasteiger charge is -2.07. The molecule has 90 heavy (non-hydrogen) atoms. The Labute approximate surface area is 542 Å². The number of aromatic amines is 2. The molecule has 0 unspecified atom stereocenters. The SMILES string of the molecule is CC(C)c1cc[nH]c(=O)c1.CC(C)c1cnn(C)c1.CC(C)c1cnnn1C.COc1cc(C(C)C)ccn1.Cc1cc(C(C)C)cc(C)n1.Cc1cc(C(C)C)cnn1.Cc1cn(C(C)C)c(C)n1.Cc1cnccc1C(C)C.Cc1nc(C(C)C)c(C)[nH]1. The third-order valence-electron chi connectivity index (χ3n) is 13.9. The van der Waals surface area contributed by atoms with Gasteiger partial charge in [-0.2, -0.15) is 15.3 Å². The van der Waals surface area contributed by atoms with E-state index in [9.17, 15) is 4.79 Å². The van der Waals surface area contributed by atoms with Crippen LogP contribution < -0.4 is 10.3 Å². The molecule has 0 bridgehead atoms. The number of ether oxygens (including phenoxy) is 1. The second-order valence-electron chi connectivity index (χ2n) is 25.4. The highest BCUT2D eigenvalue weighted by Crippen LogP contribution is 2.20. The summed E-state index contributed by atoms with van der Waals surface area (Å²) in [6, 6.07) is 16.5. The Bertz CT molecular complexity index is 3370. The van der Waals surface area contributed by atoms with Gasteiger partial charge in [-0.15, -0.1) is 5.10 Å². The first-order valence-electron chi connectivity index (χ1n) is 31.8. The summed E-state index contributed by atoms with van der Waals surface area (Å²) in [5, 5.41) is 19.3. The lowest BCUT2D eigenvalue weighted by molar-refractivity contribution is 0.397. The lowest BCUT2D eigenvalue weighted by atomic mass is 10.0. The molecule has 9 rings (SSSR count). The molecule has 0 amide bonds. The summed E-state index contributed by atoms with van der Waals surface area (Å²) < 4.78 is 10.8. The fraction of sp³-hybridized carbons (Fsp3) is 0.521. The first-order chi connectivity index (χ1) is 42.1. The van der Waals surface area contributed by atoms with Gasteiger partial charge in [0.2, 0.25) is 11.4 Å². The van der Waals surface area contributed by atoms with Crippen molar-refractivity contribution in [3.05, 3.63) is 205 Å². The molecule has 0 fully saturated rings. The van der Waals surface area contributed by atoms with Crippen LogP contribution in [-0.2, 0) is 14.1 Å². The molecular weight excluding hydrogens is 1120 g/mol. The molecule has 494 valence electrons. The van der Waals surface area contributed by atoms with E-state index < -0.39 is 0 Å². The van der Waals surface area contributed by atoms with E-state index in [4.69, 9.17) is 4.74 Å². The molecule has 17 nitrogen and oxygen atoms in total. The third-order valence-corrected chi connectivity index (χ3v) is 13.9. The minimum atomic E-state index is -0.0220. The summed E-state index contributed by atoms with van der Waals surface area (Å²) in [6.45, 7) is 55.0. The van der Waals surface area contributed by atoms with Gasteiger partial charge in [-0.3, -0.25) is 24.1 Å². The van der Waals surface area contributed by atoms with Gasteiger partial charge >= 0.3 is 0 Å². The predicted molar refractivity (Wildman–Crippen MR) is 374 cm³/mol. The highest BCUT2D eigenvalue weighted by molar-refractivity contribution is 5.26. The molecule has 9 heterocycles. The summed E-state index contributed by atoms with van der Waals surface area (Å²) >= 11 is 0. The monoisotopic (exact) mass is 1230 g/mol. The van der Waals surface area contributed by atoms with Crippen LogP contribution in [0.15, 0.2) is 109 Å². The van der Waals surface area contributed by atoms with Crippen LogP contribution in [0, 0.1) is 55.4 Å². The largest absolute Gasteiger partial charge is 0.481 e. The number of hydrogen-bond donors (Lipinski definition) is 2. The molecule has 9 aromatic heterocycles. The molecule has 0 spiro atoms. The molecular formula is C73H115N15O2. The molecule has 9 aromatic rings. The van der Waals surface area contributed by atoms with Crippen LogP contribution in [0.4, 0.5) is 0 Å². The van der Waals surface area contributed by atoms with Crippen molar-refractivity contribution in [3.8, 4) is 5.88 Å². The van der Waals surface area contributed by atoms with Crippen molar-refractivity contribution in [2.45, 2.75) is 233 Å². The number of hydrogen-bond acceptors (Lipinski definition) is 12. The van der Waals surface area contributed by atoms with Gasteiger partial charge in [-0.25, -0.2) is 15.0 Å². The van der Waals surface area contributed by atoms with Crippen molar-refractivity contribution in [1.29, 1.82) is 0 Å². The number of aromatic nitrogens is 15. The van der Waals surface area contributed by atoms with Gasteiger partial charge in [0.05, 0.1) is 48.5 Å². The third kappa shape index (κ3) is 31.5. The van der Waals surface area contributed by atoms with E-state index in [1.165, 1.54) is 50.5 Å². The van der Waals surface area contributed by atoms with Crippen molar-refractivity contribution < 1.29 is 4.74 Å². The van der Waals surface area contributed by atoms with Crippen molar-refractivity contribution in [1.82, 2.24) is 74.4 Å². The quantitative estimate of drug-likeness (QED) is 0.131. The van der Waals surface area contributed by atoms with Crippen LogP contribution >= 0.6 is 0 Å². The number of nitrogens with zero attached hydrogens (tertiary/aromatic N) is 13. The summed E-state index contributed by atoms with van der Waals surface area (Å²) in [7, 11) is 5.47. The van der Waals surface area contributed by atoms with Crippen molar-refractivity contribution in [3.63, 3.8) is 0 Å². The maximum atomic E-state index is 10.7. The fourth-order valence-electron chi connectivity index (χ4n) is 8.77. The van der Waals surface area contributed by atoms with Gasteiger partial charge in [0.15, 0.2) is 0 Å². The molecule has 0 saturated carbocycles. The Balaban J connectivity index is 0.000000507. The number of aryl methyl sites for hydroxylation is 10. The van der Waals surface area contributed by atoms with E-state index in [1.807, 2.05) is 110 Å². The average molecular weight is 1230 g/mol. The lowest BCUT2D eigenvalue weighted by Crippen LogP contribution is -2.04. The maximum Gasteiger partial charge on any atom is 0.248 e. The number of methoxy groups -OCH3 is 1. The maximum absolute atomic E-state index is 10.7. The van der Waals surface area contributed by atoms with Gasteiger partial charge in [-0.05, 0) is 192 Å². The van der Waals surface area contributed by atoms with Crippen molar-refractivity contribution in [2.75, 3.05) is 7.11 Å². The fourth-order valence-corrected chi connectivity index (χ4v) is 8.77. The minimum absolute atomic E-state index is 0.0220. The molecule has 0 aromatic carbocycles. The first-order valence-corrected chi connectivity index (χ1v) is 31.8. The van der Waals surface area contributed by atoms with E-state index in [2.05, 4.69) is 234 Å². The topological polar surface area (TPSA) is 202 Å². The highest BCUT2D eigenvalue weighted by atomic mass is 16.5. The van der Waals surface area contributed by atoms with E-state index in [1.54, 1.807) is 36.4 Å². The van der Waals surface area contributed by atoms with Crippen LogP contribution in [-0.4, -0.2) is 81.5 Å². The Hall–Kier alpha value is -7.95. The number of rotatable bonds is 10. The first kappa shape index (κ1) is 80.1. The Kier molecular flexibility index (Phi) is 36.8. The number of pyridine rings is 4. The second kappa shape index (κ2) is 41.4. The Morgan fingerprint density at radius 2 is 1.09 bits per heavy atom. The van der Waals surface area contributed by atoms with Crippen molar-refractivity contribution >= 4 is 0 Å². The zero-order valence-electron chi connectivity index (χ0n) is 60.6. The minimum Gasteiger partial charge on any atom is -0.481 e. The summed E-state index contributed by atoms with van der Waals surface area (Å²) in [6.07, 6.45) is 16.9. The zero-order valence-corrected chi connectivity index (χ0v) is 60.6. The van der Waals surface area contributed by atoms with Gasteiger partial charge < -0.3 is 19.3 Å². The zero-order chi connectivity index (χ0) is 68.5. The standard InChI is InChI=1S/C10H15N.C9H13NO.C9H13N.C8H14N2.C8H12N2.C8H14N2.C8H11NO.C7H12N2.C6H11N3/c1-7(2)10-5-8(3)11-9(4)6-10;1-7(2)8-4-5-10-9(6-8)11-3;1-7(2)9-4-5-10-6-8(9)3;1-6(2)10-5-7(3)9-8(10)4;1-6(2)8-4-7(3)10-9-5-8;1-5(2)8-6(3)9-7(4)10-8;1-6(2)7-3-4-9-8(10)5-7;1-6(2)7-4-8-9(3)5-7;1-5(2)6-4-7-8-9(6)3/h5-7H,1-4H3;4-7H,1-3H3;4-7H,1-3H3;5-6H,1-4H3;4-6H,1-3H3;5H,1-4H3,(H,9,10);3-6H,1-2H3,(H,9,10);4-6H,1-3H3;4-5H,1-3H3. The van der Waals surface area contributed by atoms with Crippen LogP contribution in [0.3, 0.4) is 0 Å². The smallest absolute Gasteiger partial charge is 0.248 e. The normalized spacial score (nSPS) is 10.6. The highest BCUT2D eigenvalue weighted by Gasteiger charge is 2.08. The summed E-state index contributed by atoms with van der Waals surface area (Å²) in [4.78, 5) is 37.5. The molecule has 0 atom stereocenters. The summed E-state index contributed by atoms with van der Waals surface area (Å²) in [5.41, 5.74) is 16.9. The molecule has 0 saturated heterocycles. The average Bonchev–Trinajstić information content (AvgIpc) is 4.43. The van der Waals surface area contributed by atoms with Crippen molar-refractivity contribution in [2.24, 2.45) is 14.1 Å². The van der Waals surface area contributed by atoms with E-state index in [-0.39, 0.29) is 5.56 Å². The van der Waals surface area contributed by atoms with Crippen LogP contribution in [0.1, 0.15) is 268 Å². The molecule has 0 aliphatic carbocycles. The molecule has 0 radical (unpaired) electrons. The van der Waals surface area contributed by atoms with Gasteiger partial charge in [0.1, 0.15) is 11.6 Å². The Morgan fingerprint density at radius 3 is 1.42 bits per heavy atom. The number of H-pyrrole nitrogens is 2. The Morgan fingerprint density at radius 1 is 0.511 bits per heavy atom. The number of nitrogens with one attached hydrogen (secondary N) is 2. The van der Waals surface area contributed by atoms with Crippen LogP contribution in [0.2, 0.25) is 0 Å². The summed E-state index contributed by atoms with van der Waals surface area (Å²) in [5.74, 6) is 7.19. The van der Waals surface area contributed by atoms with E-state index >= 15 is 0 Å². The van der Waals surface area contributed by atoms with Crippen LogP contribution in [0.25, 0.3) is 0 Å². The molecule has 0 aliphatic rings. The predicted octanol–water partition coefficient (Wildman–Crippen LogP) is 17.7. The molecule has 2 N–H and O–H groups in total.